The number of nitrogens with one attached hydrogen (secondary N) is 1. The van der Waals surface area contributed by atoms with Gasteiger partial charge in [0.1, 0.15) is 6.17 Å². The van der Waals surface area contributed by atoms with Gasteiger partial charge in [-0.05, 0) is 50.7 Å². The monoisotopic (exact) mass is 324 g/mol. The van der Waals surface area contributed by atoms with E-state index in [2.05, 4.69) is 67.1 Å². The topological polar surface area (TPSA) is 15.3 Å². The molecule has 0 aromatic heterocycles. The summed E-state index contributed by atoms with van der Waals surface area (Å²) in [5.74, 6) is 0. The second kappa shape index (κ2) is 2.82. The van der Waals surface area contributed by atoms with Crippen LogP contribution in [0.15, 0.2) is 32.7 Å². The zero-order chi connectivity index (χ0) is 7.84. The van der Waals surface area contributed by atoms with Crippen LogP contribution in [-0.4, -0.2) is 11.1 Å². The van der Waals surface area contributed by atoms with E-state index in [1.54, 1.807) is 0 Å². The van der Waals surface area contributed by atoms with Gasteiger partial charge in [-0.3, -0.25) is 0 Å². The van der Waals surface area contributed by atoms with E-state index in [9.17, 15) is 0 Å². The Morgan fingerprint density at radius 3 is 3.27 bits per heavy atom. The highest BCUT2D eigenvalue weighted by molar-refractivity contribution is 14.1. The van der Waals surface area contributed by atoms with Crippen LogP contribution in [0.25, 0.3) is 0 Å². The average Bonchev–Trinajstić information content (AvgIpc) is 2.33. The first kappa shape index (κ1) is 7.67. The quantitative estimate of drug-likeness (QED) is 0.543. The van der Waals surface area contributed by atoms with E-state index in [1.165, 1.54) is 3.70 Å². The van der Waals surface area contributed by atoms with Crippen LogP contribution in [0.2, 0.25) is 0 Å². The fraction of sp³-hybridized carbons (Fsp3) is 0.143. The van der Waals surface area contributed by atoms with Crippen LogP contribution < -0.4 is 5.32 Å². The third-order valence-corrected chi connectivity index (χ3v) is 2.96. The van der Waals surface area contributed by atoms with Crippen LogP contribution in [0, 0.1) is 0 Å². The van der Waals surface area contributed by atoms with Gasteiger partial charge >= 0.3 is 0 Å². The van der Waals surface area contributed by atoms with Crippen molar-refractivity contribution in [1.82, 2.24) is 10.2 Å². The van der Waals surface area contributed by atoms with Gasteiger partial charge in [0.25, 0.3) is 0 Å². The lowest BCUT2D eigenvalue weighted by molar-refractivity contribution is 0.422. The van der Waals surface area contributed by atoms with E-state index in [0.717, 1.165) is 4.48 Å². The number of rotatable bonds is 0. The van der Waals surface area contributed by atoms with Crippen LogP contribution in [-0.2, 0) is 0 Å². The second-order valence-electron chi connectivity index (χ2n) is 2.36. The van der Waals surface area contributed by atoms with Crippen molar-refractivity contribution in [3.05, 3.63) is 32.7 Å². The Morgan fingerprint density at radius 1 is 1.64 bits per heavy atom. The molecule has 0 fully saturated rings. The molecule has 58 valence electrons. The molecule has 2 nitrogen and oxygen atoms in total. The lowest BCUT2D eigenvalue weighted by Crippen LogP contribution is -2.32. The molecule has 11 heavy (non-hydrogen) atoms. The Labute approximate surface area is 87.3 Å². The fourth-order valence-corrected chi connectivity index (χ4v) is 2.08. The Hall–Kier alpha value is 0.0300. The molecule has 0 aromatic carbocycles. The molecule has 0 aromatic rings. The molecule has 2 aliphatic rings. The van der Waals surface area contributed by atoms with Crippen molar-refractivity contribution in [3.8, 4) is 0 Å². The molecule has 4 heteroatoms. The highest BCUT2D eigenvalue weighted by atomic mass is 127. The molecule has 0 spiro atoms. The van der Waals surface area contributed by atoms with Gasteiger partial charge in [0.15, 0.2) is 0 Å². The Kier molecular flexibility index (Phi) is 1.97. The predicted octanol–water partition coefficient (Wildman–Crippen LogP) is 2.26. The van der Waals surface area contributed by atoms with Crippen molar-refractivity contribution in [2.75, 3.05) is 0 Å². The normalized spacial score (nSPS) is 27.5. The largest absolute Gasteiger partial charge is 0.366 e. The van der Waals surface area contributed by atoms with Crippen molar-refractivity contribution >= 4 is 38.5 Å². The summed E-state index contributed by atoms with van der Waals surface area (Å²) in [5, 5.41) is 3.23. The fourth-order valence-electron chi connectivity index (χ4n) is 1.09. The molecule has 2 aliphatic heterocycles. The molecule has 0 radical (unpaired) electrons. The molecule has 0 saturated heterocycles. The summed E-state index contributed by atoms with van der Waals surface area (Å²) < 4.78 is 2.33. The van der Waals surface area contributed by atoms with Gasteiger partial charge in [-0.2, -0.15) is 0 Å². The molecular weight excluding hydrogens is 319 g/mol. The zero-order valence-electron chi connectivity index (χ0n) is 5.59. The summed E-state index contributed by atoms with van der Waals surface area (Å²) in [5.41, 5.74) is 0. The van der Waals surface area contributed by atoms with Gasteiger partial charge in [0.05, 0.1) is 3.70 Å². The highest BCUT2D eigenvalue weighted by Gasteiger charge is 2.22. The smallest absolute Gasteiger partial charge is 0.123 e. The Morgan fingerprint density at radius 2 is 2.45 bits per heavy atom. The van der Waals surface area contributed by atoms with Crippen molar-refractivity contribution in [3.63, 3.8) is 0 Å². The number of halogens is 2. The first-order valence-corrected chi connectivity index (χ1v) is 5.10. The van der Waals surface area contributed by atoms with Gasteiger partial charge in [-0.1, -0.05) is 0 Å². The van der Waals surface area contributed by atoms with E-state index < -0.39 is 0 Å². The van der Waals surface area contributed by atoms with Crippen LogP contribution in [0.5, 0.6) is 0 Å². The summed E-state index contributed by atoms with van der Waals surface area (Å²) >= 11 is 5.73. The summed E-state index contributed by atoms with van der Waals surface area (Å²) in [7, 11) is 0. The first-order valence-electron chi connectivity index (χ1n) is 3.23. The highest BCUT2D eigenvalue weighted by Crippen LogP contribution is 2.27. The number of fused-ring (bicyclic) bond motifs is 1. The molecule has 1 N–H and O–H groups in total. The maximum atomic E-state index is 3.43. The van der Waals surface area contributed by atoms with Crippen molar-refractivity contribution < 1.29 is 0 Å². The summed E-state index contributed by atoms with van der Waals surface area (Å²) in [4.78, 5) is 2.17. The predicted molar refractivity (Wildman–Crippen MR) is 57.0 cm³/mol. The molecule has 0 saturated carbocycles. The number of nitrogens with zero attached hydrogens (tertiary/aromatic N) is 1. The standard InChI is InChI=1S/C7H6BrIN2/c8-5-1-2-7-10-3-6(9)11(7)4-5/h1-4,7,10H. The number of allylic oxidation sites excluding steroid dienone is 2. The number of hydrogen-bond acceptors (Lipinski definition) is 2. The van der Waals surface area contributed by atoms with Crippen LogP contribution in [0.1, 0.15) is 0 Å². The molecular formula is C7H6BrIN2. The van der Waals surface area contributed by atoms with Gasteiger partial charge in [-0.15, -0.1) is 0 Å². The van der Waals surface area contributed by atoms with E-state index in [1.807, 2.05) is 6.20 Å². The lowest BCUT2D eigenvalue weighted by Gasteiger charge is -2.23. The minimum atomic E-state index is 0.322. The van der Waals surface area contributed by atoms with Gasteiger partial charge in [0, 0.05) is 16.9 Å². The summed E-state index contributed by atoms with van der Waals surface area (Å²) in [6, 6.07) is 0. The second-order valence-corrected chi connectivity index (χ2v) is 4.38. The van der Waals surface area contributed by atoms with E-state index in [-0.39, 0.29) is 0 Å². The molecule has 1 atom stereocenters. The van der Waals surface area contributed by atoms with Crippen molar-refractivity contribution in [1.29, 1.82) is 0 Å². The van der Waals surface area contributed by atoms with Gasteiger partial charge < -0.3 is 10.2 Å². The minimum absolute atomic E-state index is 0.322. The van der Waals surface area contributed by atoms with Gasteiger partial charge in [0.2, 0.25) is 0 Å². The molecule has 2 heterocycles. The maximum absolute atomic E-state index is 3.43. The minimum Gasteiger partial charge on any atom is -0.366 e. The van der Waals surface area contributed by atoms with E-state index in [0.29, 0.717) is 6.17 Å². The Bertz CT molecular complexity index is 270. The van der Waals surface area contributed by atoms with E-state index in [4.69, 9.17) is 0 Å². The summed E-state index contributed by atoms with van der Waals surface area (Å²) in [6.45, 7) is 0. The number of hydrogen-bond donors (Lipinski definition) is 1. The van der Waals surface area contributed by atoms with Crippen molar-refractivity contribution in [2.24, 2.45) is 0 Å². The molecule has 0 amide bonds. The third kappa shape index (κ3) is 1.33. The third-order valence-electron chi connectivity index (χ3n) is 1.62. The molecule has 0 aliphatic carbocycles. The SMILES string of the molecule is BrC1=CN2C(I)=CNC2C=C1. The molecule has 1 unspecified atom stereocenters. The lowest BCUT2D eigenvalue weighted by atomic mass is 10.3. The summed E-state index contributed by atoms with van der Waals surface area (Å²) in [6.07, 6.45) is 8.58. The maximum Gasteiger partial charge on any atom is 0.123 e. The van der Waals surface area contributed by atoms with E-state index >= 15 is 0 Å². The average molecular weight is 325 g/mol. The Balaban J connectivity index is 2.29. The molecule has 2 rings (SSSR count). The molecule has 0 bridgehead atoms. The van der Waals surface area contributed by atoms with Gasteiger partial charge in [-0.25, -0.2) is 0 Å². The van der Waals surface area contributed by atoms with Crippen molar-refractivity contribution in [2.45, 2.75) is 6.17 Å². The first-order chi connectivity index (χ1) is 5.27. The van der Waals surface area contributed by atoms with Crippen LogP contribution in [0.3, 0.4) is 0 Å². The van der Waals surface area contributed by atoms with Crippen LogP contribution in [0.4, 0.5) is 0 Å². The zero-order valence-corrected chi connectivity index (χ0v) is 9.33. The van der Waals surface area contributed by atoms with Crippen LogP contribution >= 0.6 is 38.5 Å².